The predicted octanol–water partition coefficient (Wildman–Crippen LogP) is 1.69. The van der Waals surface area contributed by atoms with Crippen LogP contribution in [0.4, 0.5) is 0 Å². The molecule has 3 nitrogen and oxygen atoms in total. The first-order valence-electron chi connectivity index (χ1n) is 5.25. The molecule has 1 N–H and O–H groups in total. The van der Waals surface area contributed by atoms with Crippen molar-refractivity contribution in [2.75, 3.05) is 13.1 Å². The minimum atomic E-state index is -0.186. The zero-order valence-corrected chi connectivity index (χ0v) is 9.32. The van der Waals surface area contributed by atoms with E-state index >= 15 is 0 Å². The van der Waals surface area contributed by atoms with Gasteiger partial charge >= 0.3 is 0 Å². The largest absolute Gasteiger partial charge is 0.392 e. The fraction of sp³-hybridized carbons (Fsp3) is 0.545. The first-order valence-corrected chi connectivity index (χ1v) is 5.63. The van der Waals surface area contributed by atoms with Crippen LogP contribution in [0.3, 0.4) is 0 Å². The molecule has 1 aromatic rings. The number of likely N-dealkylation sites (tertiary alicyclic amines) is 1. The lowest BCUT2D eigenvalue weighted by atomic mass is 10.1. The summed E-state index contributed by atoms with van der Waals surface area (Å²) < 4.78 is 0. The molecule has 1 aromatic heterocycles. The Morgan fingerprint density at radius 3 is 3.20 bits per heavy atom. The van der Waals surface area contributed by atoms with Gasteiger partial charge in [0, 0.05) is 24.8 Å². The van der Waals surface area contributed by atoms with Crippen LogP contribution >= 0.6 is 11.6 Å². The summed E-state index contributed by atoms with van der Waals surface area (Å²) >= 11 is 5.98. The van der Waals surface area contributed by atoms with E-state index in [1.807, 2.05) is 12.1 Å². The molecule has 0 saturated carbocycles. The quantitative estimate of drug-likeness (QED) is 0.780. The summed E-state index contributed by atoms with van der Waals surface area (Å²) in [6.45, 7) is 2.55. The molecule has 2 heterocycles. The summed E-state index contributed by atoms with van der Waals surface area (Å²) in [6, 6.07) is 3.87. The number of hydrogen-bond donors (Lipinski definition) is 1. The Morgan fingerprint density at radius 2 is 2.47 bits per heavy atom. The summed E-state index contributed by atoms with van der Waals surface area (Å²) in [5, 5.41) is 10.1. The van der Waals surface area contributed by atoms with E-state index in [1.165, 1.54) is 0 Å². The van der Waals surface area contributed by atoms with Gasteiger partial charge in [-0.2, -0.15) is 0 Å². The molecule has 0 aliphatic carbocycles. The molecule has 0 unspecified atom stereocenters. The minimum absolute atomic E-state index is 0.186. The molecule has 0 bridgehead atoms. The van der Waals surface area contributed by atoms with Crippen LogP contribution in [0.5, 0.6) is 0 Å². The van der Waals surface area contributed by atoms with Gasteiger partial charge in [0.25, 0.3) is 0 Å². The Balaban J connectivity index is 1.99. The van der Waals surface area contributed by atoms with Crippen molar-refractivity contribution in [1.29, 1.82) is 0 Å². The molecule has 4 heteroatoms. The molecule has 1 aliphatic heterocycles. The minimum Gasteiger partial charge on any atom is -0.392 e. The van der Waals surface area contributed by atoms with Gasteiger partial charge in [-0.25, -0.2) is 4.98 Å². The summed E-state index contributed by atoms with van der Waals surface area (Å²) in [5.41, 5.74) is 1.04. The van der Waals surface area contributed by atoms with Gasteiger partial charge in [-0.15, -0.1) is 0 Å². The second-order valence-electron chi connectivity index (χ2n) is 3.98. The van der Waals surface area contributed by atoms with Gasteiger partial charge < -0.3 is 5.11 Å². The highest BCUT2D eigenvalue weighted by Gasteiger charge is 2.18. The average Bonchev–Trinajstić information content (AvgIpc) is 2.22. The van der Waals surface area contributed by atoms with E-state index in [1.54, 1.807) is 6.20 Å². The maximum Gasteiger partial charge on any atom is 0.133 e. The number of β-amino-alcohol motifs (C(OH)–C–C–N with tert-alkyl or cyclic N) is 1. The molecule has 15 heavy (non-hydrogen) atoms. The van der Waals surface area contributed by atoms with Gasteiger partial charge in [-0.3, -0.25) is 4.90 Å². The van der Waals surface area contributed by atoms with Gasteiger partial charge in [-0.1, -0.05) is 17.7 Å². The standard InChI is InChI=1S/C11H15ClN2O/c12-11-9(3-1-5-13-11)7-14-6-2-4-10(15)8-14/h1,3,5,10,15H,2,4,6-8H2/t10-/m0/s1. The number of aliphatic hydroxyl groups is 1. The Labute approximate surface area is 94.7 Å². The normalized spacial score (nSPS) is 22.9. The van der Waals surface area contributed by atoms with Gasteiger partial charge in [0.15, 0.2) is 0 Å². The molecule has 0 radical (unpaired) electrons. The van der Waals surface area contributed by atoms with Crippen molar-refractivity contribution in [3.63, 3.8) is 0 Å². The van der Waals surface area contributed by atoms with E-state index < -0.39 is 0 Å². The molecule has 82 valence electrons. The molecule has 0 spiro atoms. The van der Waals surface area contributed by atoms with Crippen molar-refractivity contribution >= 4 is 11.6 Å². The van der Waals surface area contributed by atoms with Crippen molar-refractivity contribution < 1.29 is 5.11 Å². The van der Waals surface area contributed by atoms with Gasteiger partial charge in [0.1, 0.15) is 5.15 Å². The van der Waals surface area contributed by atoms with Crippen LogP contribution in [0.2, 0.25) is 5.15 Å². The first-order chi connectivity index (χ1) is 7.25. The Kier molecular flexibility index (Phi) is 3.57. The van der Waals surface area contributed by atoms with E-state index in [-0.39, 0.29) is 6.10 Å². The van der Waals surface area contributed by atoms with Gasteiger partial charge in [0.05, 0.1) is 6.10 Å². The van der Waals surface area contributed by atoms with Crippen LogP contribution in [0.15, 0.2) is 18.3 Å². The van der Waals surface area contributed by atoms with Crippen molar-refractivity contribution in [2.45, 2.75) is 25.5 Å². The molecule has 1 fully saturated rings. The number of hydrogen-bond acceptors (Lipinski definition) is 3. The van der Waals surface area contributed by atoms with Crippen LogP contribution < -0.4 is 0 Å². The second-order valence-corrected chi connectivity index (χ2v) is 4.34. The summed E-state index contributed by atoms with van der Waals surface area (Å²) in [5.74, 6) is 0. The SMILES string of the molecule is O[C@H]1CCCN(Cc2cccnc2Cl)C1. The second kappa shape index (κ2) is 4.92. The highest BCUT2D eigenvalue weighted by molar-refractivity contribution is 6.30. The third-order valence-corrected chi connectivity index (χ3v) is 3.05. The summed E-state index contributed by atoms with van der Waals surface area (Å²) in [6.07, 6.45) is 3.47. The van der Waals surface area contributed by atoms with Crippen LogP contribution in [-0.2, 0) is 6.54 Å². The maximum absolute atomic E-state index is 9.54. The highest BCUT2D eigenvalue weighted by atomic mass is 35.5. The fourth-order valence-electron chi connectivity index (χ4n) is 1.95. The zero-order valence-electron chi connectivity index (χ0n) is 8.56. The van der Waals surface area contributed by atoms with Crippen LogP contribution in [0, 0.1) is 0 Å². The fourth-order valence-corrected chi connectivity index (χ4v) is 2.13. The molecule has 1 saturated heterocycles. The number of aromatic nitrogens is 1. The van der Waals surface area contributed by atoms with E-state index in [0.29, 0.717) is 5.15 Å². The van der Waals surface area contributed by atoms with E-state index in [0.717, 1.165) is 38.0 Å². The topological polar surface area (TPSA) is 36.4 Å². The van der Waals surface area contributed by atoms with E-state index in [2.05, 4.69) is 9.88 Å². The summed E-state index contributed by atoms with van der Waals surface area (Å²) in [7, 11) is 0. The highest BCUT2D eigenvalue weighted by Crippen LogP contribution is 2.17. The van der Waals surface area contributed by atoms with Crippen molar-refractivity contribution in [3.8, 4) is 0 Å². The van der Waals surface area contributed by atoms with Gasteiger partial charge in [-0.05, 0) is 25.5 Å². The Bertz CT molecular complexity index is 332. The molecular weight excluding hydrogens is 212 g/mol. The maximum atomic E-state index is 9.54. The number of piperidine rings is 1. The number of pyridine rings is 1. The summed E-state index contributed by atoms with van der Waals surface area (Å²) in [4.78, 5) is 6.26. The number of nitrogens with zero attached hydrogens (tertiary/aromatic N) is 2. The molecular formula is C11H15ClN2O. The van der Waals surface area contributed by atoms with E-state index in [4.69, 9.17) is 11.6 Å². The lowest BCUT2D eigenvalue weighted by molar-refractivity contribution is 0.0668. The average molecular weight is 227 g/mol. The molecule has 1 atom stereocenters. The van der Waals surface area contributed by atoms with Crippen LogP contribution in [0.1, 0.15) is 18.4 Å². The van der Waals surface area contributed by atoms with E-state index in [9.17, 15) is 5.11 Å². The number of aliphatic hydroxyl groups excluding tert-OH is 1. The third kappa shape index (κ3) is 2.91. The van der Waals surface area contributed by atoms with Crippen molar-refractivity contribution in [3.05, 3.63) is 29.0 Å². The van der Waals surface area contributed by atoms with Gasteiger partial charge in [0.2, 0.25) is 0 Å². The number of rotatable bonds is 2. The monoisotopic (exact) mass is 226 g/mol. The number of halogens is 1. The smallest absolute Gasteiger partial charge is 0.133 e. The van der Waals surface area contributed by atoms with Crippen LogP contribution in [-0.4, -0.2) is 34.2 Å². The predicted molar refractivity (Wildman–Crippen MR) is 59.8 cm³/mol. The lowest BCUT2D eigenvalue weighted by Crippen LogP contribution is -2.37. The third-order valence-electron chi connectivity index (χ3n) is 2.71. The molecule has 0 aromatic carbocycles. The first kappa shape index (κ1) is 10.9. The van der Waals surface area contributed by atoms with Crippen molar-refractivity contribution in [1.82, 2.24) is 9.88 Å². The van der Waals surface area contributed by atoms with Crippen LogP contribution in [0.25, 0.3) is 0 Å². The zero-order chi connectivity index (χ0) is 10.7. The van der Waals surface area contributed by atoms with Crippen molar-refractivity contribution in [2.24, 2.45) is 0 Å². The molecule has 0 amide bonds. The molecule has 2 rings (SSSR count). The molecule has 1 aliphatic rings. The Hall–Kier alpha value is -0.640. The lowest BCUT2D eigenvalue weighted by Gasteiger charge is -2.29. The Morgan fingerprint density at radius 1 is 1.60 bits per heavy atom.